The van der Waals surface area contributed by atoms with Crippen molar-refractivity contribution < 1.29 is 20.4 Å². The minimum atomic E-state index is -0.407. The van der Waals surface area contributed by atoms with Crippen molar-refractivity contribution in [3.8, 4) is 0 Å². The van der Waals surface area contributed by atoms with Crippen LogP contribution in [0.3, 0.4) is 0 Å². The molecule has 0 saturated carbocycles. The summed E-state index contributed by atoms with van der Waals surface area (Å²) in [7, 11) is 0. The van der Waals surface area contributed by atoms with Gasteiger partial charge in [0.1, 0.15) is 27.9 Å². The molecule has 0 atom stereocenters. The zero-order valence-electron chi connectivity index (χ0n) is 27.2. The van der Waals surface area contributed by atoms with Gasteiger partial charge in [0, 0.05) is 34.6 Å². The van der Waals surface area contributed by atoms with Gasteiger partial charge in [0.25, 0.3) is 0 Å². The van der Waals surface area contributed by atoms with Crippen LogP contribution in [0.2, 0.25) is 0 Å². The van der Waals surface area contributed by atoms with Gasteiger partial charge in [-0.15, -0.1) is 0 Å². The number of pyridine rings is 1. The van der Waals surface area contributed by atoms with E-state index in [4.69, 9.17) is 21.6 Å². The number of fused-ring (bicyclic) bond motifs is 3. The van der Waals surface area contributed by atoms with Crippen LogP contribution < -0.4 is 5.73 Å². The van der Waals surface area contributed by atoms with Crippen molar-refractivity contribution in [1.29, 1.82) is 0 Å². The predicted octanol–water partition coefficient (Wildman–Crippen LogP) is 8.03. The smallest absolute Gasteiger partial charge is 0.317 e. The molecule has 0 amide bonds. The maximum absolute atomic E-state index is 11.8. The number of nitrogens with zero attached hydrogens (tertiary/aromatic N) is 3. The largest absolute Gasteiger partial charge is 0.460 e. The molecular formula is C32H53BBrN4O4. The Morgan fingerprint density at radius 1 is 0.976 bits per heavy atom. The lowest BCUT2D eigenvalue weighted by molar-refractivity contribution is -0.155. The van der Waals surface area contributed by atoms with Gasteiger partial charge < -0.3 is 19.8 Å². The number of halogens is 1. The van der Waals surface area contributed by atoms with Crippen LogP contribution in [0.5, 0.6) is 0 Å². The van der Waals surface area contributed by atoms with E-state index in [2.05, 4.69) is 38.5 Å². The molecule has 0 unspecified atom stereocenters. The van der Waals surface area contributed by atoms with Crippen LogP contribution in [-0.4, -0.2) is 51.4 Å². The highest BCUT2D eigenvalue weighted by Crippen LogP contribution is 2.29. The first-order chi connectivity index (χ1) is 19.2. The molecule has 235 valence electrons. The number of unbranched alkanes of at least 4 members (excludes halogenated alkanes) is 3. The molecule has 0 fully saturated rings. The number of nitrogens with two attached hydrogens (primary N) is 1. The summed E-state index contributed by atoms with van der Waals surface area (Å²) in [6.07, 6.45) is 5.30. The zero-order valence-corrected chi connectivity index (χ0v) is 27.8. The fraction of sp³-hybridized carbons (Fsp3) is 0.625. The van der Waals surface area contributed by atoms with Crippen LogP contribution in [0.4, 0.5) is 5.82 Å². The number of aromatic nitrogens is 3. The van der Waals surface area contributed by atoms with Gasteiger partial charge in [-0.2, -0.15) is 0 Å². The van der Waals surface area contributed by atoms with E-state index in [1.807, 2.05) is 59.7 Å². The molecule has 0 aliphatic heterocycles. The highest BCUT2D eigenvalue weighted by molar-refractivity contribution is 9.09. The summed E-state index contributed by atoms with van der Waals surface area (Å²) >= 11 is 2.99. The van der Waals surface area contributed by atoms with Crippen molar-refractivity contribution in [2.75, 3.05) is 11.1 Å². The van der Waals surface area contributed by atoms with Crippen LogP contribution >= 0.6 is 15.9 Å². The lowest BCUT2D eigenvalue weighted by Crippen LogP contribution is -2.24. The molecule has 3 radical (unpaired) electrons. The average molecular weight is 650 g/mol. The van der Waals surface area contributed by atoms with Crippen molar-refractivity contribution in [3.05, 3.63) is 30.1 Å². The molecule has 0 saturated heterocycles. The Bertz CT molecular complexity index is 1260. The molecule has 42 heavy (non-hydrogen) atoms. The first kappa shape index (κ1) is 39.4. The highest BCUT2D eigenvalue weighted by Gasteiger charge is 2.17. The maximum atomic E-state index is 11.8. The number of alkyl halides is 1. The third kappa shape index (κ3) is 14.0. The Morgan fingerprint density at radius 3 is 2.05 bits per heavy atom. The van der Waals surface area contributed by atoms with Gasteiger partial charge in [0.05, 0.1) is 11.0 Å². The number of para-hydroxylation sites is 1. The quantitative estimate of drug-likeness (QED) is 0.108. The molecule has 2 aromatic heterocycles. The number of benzene rings is 1. The number of carbonyl (C=O) groups excluding carboxylic acids is 2. The van der Waals surface area contributed by atoms with E-state index in [0.717, 1.165) is 66.4 Å². The molecular weight excluding hydrogens is 595 g/mol. The number of rotatable bonds is 9. The molecule has 0 aliphatic rings. The number of esters is 2. The summed E-state index contributed by atoms with van der Waals surface area (Å²) in [5.41, 5.74) is 8.21. The topological polar surface area (TPSA) is 109 Å². The van der Waals surface area contributed by atoms with Gasteiger partial charge >= 0.3 is 11.9 Å². The number of aryl methyl sites for hydroxylation is 2. The number of imidazole rings is 1. The summed E-state index contributed by atoms with van der Waals surface area (Å²) in [6.45, 7) is 16.5. The molecule has 0 spiro atoms. The van der Waals surface area contributed by atoms with Crippen molar-refractivity contribution in [1.82, 2.24) is 14.5 Å². The fourth-order valence-electron chi connectivity index (χ4n) is 4.07. The maximum Gasteiger partial charge on any atom is 0.317 e. The number of hydrogen-bond acceptors (Lipinski definition) is 7. The van der Waals surface area contributed by atoms with Crippen molar-refractivity contribution in [3.63, 3.8) is 0 Å². The SMILES string of the molecule is C.CC(C)(C)OC(=O)CBr.CCc1nc2c(N)nc3ccccc3c2n1CCCCCCC(=O)OC(C)(C)C.[2H]CC.[B]. The molecule has 3 rings (SSSR count). The average Bonchev–Trinajstić information content (AvgIpc) is 3.24. The molecule has 1 aromatic carbocycles. The normalized spacial score (nSPS) is 11.1. The number of nitrogen functional groups attached to an aromatic ring is 1. The Kier molecular flexibility index (Phi) is 18.3. The standard InChI is InChI=1S/C23H32N4O2.C6H11BrO2.C2H6.CH4.B/c1-5-18-26-20-21(16-12-9-10-13-17(16)25-22(20)24)27(18)15-11-7-6-8-14-19(28)29-23(2,3)4;1-6(2,3)9-5(8)4-7;1-2;;/h9-10,12-13H,5-8,11,14-15H2,1-4H3,(H2,24,25);4H2,1-3H3;1-2H3;1H4;/i;;1D;;. The fourth-order valence-corrected chi connectivity index (χ4v) is 4.18. The van der Waals surface area contributed by atoms with Gasteiger partial charge in [-0.05, 0) is 60.5 Å². The summed E-state index contributed by atoms with van der Waals surface area (Å²) in [6, 6.07) is 8.08. The van der Waals surface area contributed by atoms with E-state index in [1.165, 1.54) is 0 Å². The van der Waals surface area contributed by atoms with E-state index >= 15 is 0 Å². The van der Waals surface area contributed by atoms with Crippen LogP contribution in [0.25, 0.3) is 21.9 Å². The van der Waals surface area contributed by atoms with E-state index in [0.29, 0.717) is 19.1 Å². The van der Waals surface area contributed by atoms with Gasteiger partial charge in [-0.1, -0.05) is 75.1 Å². The van der Waals surface area contributed by atoms with Gasteiger partial charge in [0.2, 0.25) is 0 Å². The summed E-state index contributed by atoms with van der Waals surface area (Å²) in [5.74, 6) is 1.20. The molecule has 3 aromatic rings. The molecule has 0 aliphatic carbocycles. The monoisotopic (exact) mass is 648 g/mol. The molecule has 8 nitrogen and oxygen atoms in total. The van der Waals surface area contributed by atoms with Crippen LogP contribution in [0.15, 0.2) is 24.3 Å². The van der Waals surface area contributed by atoms with Crippen LogP contribution in [0.1, 0.15) is 109 Å². The third-order valence-corrected chi connectivity index (χ3v) is 5.93. The first-order valence-corrected chi connectivity index (χ1v) is 15.1. The lowest BCUT2D eigenvalue weighted by Gasteiger charge is -2.19. The second kappa shape index (κ2) is 19.5. The van der Waals surface area contributed by atoms with Gasteiger partial charge in [-0.3, -0.25) is 9.59 Å². The predicted molar refractivity (Wildman–Crippen MR) is 181 cm³/mol. The first-order valence-electron chi connectivity index (χ1n) is 14.7. The zero-order chi connectivity index (χ0) is 31.2. The van der Waals surface area contributed by atoms with E-state index in [9.17, 15) is 9.59 Å². The number of hydrogen-bond donors (Lipinski definition) is 1. The minimum absolute atomic E-state index is 0. The summed E-state index contributed by atoms with van der Waals surface area (Å²) < 4.78 is 18.8. The molecule has 2 N–H and O–H groups in total. The third-order valence-electron chi connectivity index (χ3n) is 5.47. The number of ether oxygens (including phenoxy) is 2. The van der Waals surface area contributed by atoms with E-state index in [1.54, 1.807) is 6.92 Å². The van der Waals surface area contributed by atoms with E-state index in [-0.39, 0.29) is 38.7 Å². The highest BCUT2D eigenvalue weighted by atomic mass is 79.9. The van der Waals surface area contributed by atoms with Crippen LogP contribution in [-0.2, 0) is 32.0 Å². The van der Waals surface area contributed by atoms with Crippen LogP contribution in [0, 0.1) is 0 Å². The second-order valence-corrected chi connectivity index (χ2v) is 11.8. The molecule has 10 heteroatoms. The summed E-state index contributed by atoms with van der Waals surface area (Å²) in [5, 5.41) is 1.36. The summed E-state index contributed by atoms with van der Waals surface area (Å²) in [4.78, 5) is 31.7. The van der Waals surface area contributed by atoms with Gasteiger partial charge in [0.15, 0.2) is 5.82 Å². The van der Waals surface area contributed by atoms with Crippen molar-refractivity contribution in [2.24, 2.45) is 0 Å². The second-order valence-electron chi connectivity index (χ2n) is 11.2. The van der Waals surface area contributed by atoms with Crippen molar-refractivity contribution >= 4 is 64.0 Å². The minimum Gasteiger partial charge on any atom is -0.460 e. The molecule has 0 bridgehead atoms. The van der Waals surface area contributed by atoms with E-state index < -0.39 is 5.60 Å². The van der Waals surface area contributed by atoms with Crippen molar-refractivity contribution in [2.45, 2.75) is 126 Å². The Morgan fingerprint density at radius 2 is 1.52 bits per heavy atom. The molecule has 2 heterocycles. The number of anilines is 1. The number of carbonyl (C=O) groups is 2. The lowest BCUT2D eigenvalue weighted by atomic mass is 10.1. The van der Waals surface area contributed by atoms with Gasteiger partial charge in [-0.25, -0.2) is 9.97 Å². The Balaban J connectivity index is 0. The Hall–Kier alpha value is -2.62. The Labute approximate surface area is 265 Å².